The molecule has 0 spiro atoms. The summed E-state index contributed by atoms with van der Waals surface area (Å²) >= 11 is 0. The fourth-order valence-electron chi connectivity index (χ4n) is 4.11. The first-order chi connectivity index (χ1) is 9.31. The third-order valence-electron chi connectivity index (χ3n) is 5.13. The highest BCUT2D eigenvalue weighted by Gasteiger charge is 2.41. The van der Waals surface area contributed by atoms with E-state index in [2.05, 4.69) is 16.7 Å². The largest absolute Gasteiger partial charge is 0.381 e. The average Bonchev–Trinajstić information content (AvgIpc) is 3.16. The zero-order valence-electron chi connectivity index (χ0n) is 12.0. The fourth-order valence-corrected chi connectivity index (χ4v) is 4.11. The molecule has 19 heavy (non-hydrogen) atoms. The SMILES string of the molecule is CCN1CCC[C@@H]1[C@H]1CCCN1C(=O)[C@@H]1CCOC1. The van der Waals surface area contributed by atoms with E-state index < -0.39 is 0 Å². The molecule has 3 fully saturated rings. The molecule has 3 heterocycles. The van der Waals surface area contributed by atoms with Crippen LogP contribution in [0.4, 0.5) is 0 Å². The zero-order chi connectivity index (χ0) is 13.2. The standard InChI is InChI=1S/C15H26N2O2/c1-2-16-8-3-5-13(16)14-6-4-9-17(14)15(18)12-7-10-19-11-12/h12-14H,2-11H2,1H3/t12-,13-,14-/m1/s1. The lowest BCUT2D eigenvalue weighted by atomic mass is 10.0. The molecule has 0 saturated carbocycles. The maximum absolute atomic E-state index is 12.6. The highest BCUT2D eigenvalue weighted by atomic mass is 16.5. The van der Waals surface area contributed by atoms with E-state index in [1.54, 1.807) is 0 Å². The van der Waals surface area contributed by atoms with Gasteiger partial charge in [-0.1, -0.05) is 6.92 Å². The summed E-state index contributed by atoms with van der Waals surface area (Å²) in [6, 6.07) is 1.08. The van der Waals surface area contributed by atoms with Crippen LogP contribution < -0.4 is 0 Å². The van der Waals surface area contributed by atoms with Crippen LogP contribution in [-0.2, 0) is 9.53 Å². The molecule has 0 unspecified atom stereocenters. The van der Waals surface area contributed by atoms with Gasteiger partial charge in [0.2, 0.25) is 5.91 Å². The lowest BCUT2D eigenvalue weighted by Crippen LogP contribution is -2.49. The van der Waals surface area contributed by atoms with Gasteiger partial charge < -0.3 is 9.64 Å². The van der Waals surface area contributed by atoms with E-state index >= 15 is 0 Å². The summed E-state index contributed by atoms with van der Waals surface area (Å²) in [5.74, 6) is 0.500. The van der Waals surface area contributed by atoms with Crippen molar-refractivity contribution in [2.24, 2.45) is 5.92 Å². The van der Waals surface area contributed by atoms with Crippen molar-refractivity contribution in [2.75, 3.05) is 32.8 Å². The highest BCUT2D eigenvalue weighted by Crippen LogP contribution is 2.31. The number of amides is 1. The van der Waals surface area contributed by atoms with Gasteiger partial charge in [-0.2, -0.15) is 0 Å². The van der Waals surface area contributed by atoms with Gasteiger partial charge in [-0.25, -0.2) is 0 Å². The molecule has 0 aromatic heterocycles. The number of carbonyl (C=O) groups excluding carboxylic acids is 1. The van der Waals surface area contributed by atoms with Crippen molar-refractivity contribution in [1.29, 1.82) is 0 Å². The van der Waals surface area contributed by atoms with E-state index in [0.29, 0.717) is 24.6 Å². The van der Waals surface area contributed by atoms with Crippen molar-refractivity contribution >= 4 is 5.91 Å². The molecular formula is C15H26N2O2. The Kier molecular flexibility index (Phi) is 4.08. The third-order valence-corrected chi connectivity index (χ3v) is 5.13. The number of hydrogen-bond acceptors (Lipinski definition) is 3. The molecule has 108 valence electrons. The predicted octanol–water partition coefficient (Wildman–Crippen LogP) is 1.50. The van der Waals surface area contributed by atoms with Gasteiger partial charge in [0.25, 0.3) is 0 Å². The number of likely N-dealkylation sites (tertiary alicyclic amines) is 2. The number of carbonyl (C=O) groups is 1. The molecule has 0 bridgehead atoms. The van der Waals surface area contributed by atoms with E-state index in [1.165, 1.54) is 32.2 Å². The fraction of sp³-hybridized carbons (Fsp3) is 0.933. The van der Waals surface area contributed by atoms with Gasteiger partial charge >= 0.3 is 0 Å². The lowest BCUT2D eigenvalue weighted by Gasteiger charge is -2.35. The predicted molar refractivity (Wildman–Crippen MR) is 73.9 cm³/mol. The van der Waals surface area contributed by atoms with Crippen LogP contribution in [0.15, 0.2) is 0 Å². The first kappa shape index (κ1) is 13.4. The molecule has 3 aliphatic heterocycles. The quantitative estimate of drug-likeness (QED) is 0.776. The molecule has 3 saturated heterocycles. The Morgan fingerprint density at radius 2 is 1.95 bits per heavy atom. The van der Waals surface area contributed by atoms with Gasteiger partial charge in [0.05, 0.1) is 12.5 Å². The van der Waals surface area contributed by atoms with E-state index in [-0.39, 0.29) is 5.92 Å². The molecule has 3 rings (SSSR count). The number of rotatable bonds is 3. The number of likely N-dealkylation sites (N-methyl/N-ethyl adjacent to an activating group) is 1. The summed E-state index contributed by atoms with van der Waals surface area (Å²) in [6.07, 6.45) is 5.86. The van der Waals surface area contributed by atoms with Crippen LogP contribution >= 0.6 is 0 Å². The molecule has 0 N–H and O–H groups in total. The summed E-state index contributed by atoms with van der Waals surface area (Å²) in [4.78, 5) is 17.4. The monoisotopic (exact) mass is 266 g/mol. The van der Waals surface area contributed by atoms with Crippen LogP contribution in [0.1, 0.15) is 39.0 Å². The normalized spacial score (nSPS) is 36.3. The molecule has 3 aliphatic rings. The second kappa shape index (κ2) is 5.80. The minimum Gasteiger partial charge on any atom is -0.381 e. The van der Waals surface area contributed by atoms with Gasteiger partial charge in [-0.15, -0.1) is 0 Å². The van der Waals surface area contributed by atoms with E-state index in [1.807, 2.05) is 0 Å². The summed E-state index contributed by atoms with van der Waals surface area (Å²) in [7, 11) is 0. The maximum Gasteiger partial charge on any atom is 0.228 e. The number of nitrogens with zero attached hydrogens (tertiary/aromatic N) is 2. The van der Waals surface area contributed by atoms with Crippen LogP contribution in [0.25, 0.3) is 0 Å². The Morgan fingerprint density at radius 1 is 1.16 bits per heavy atom. The molecule has 1 amide bonds. The highest BCUT2D eigenvalue weighted by molar-refractivity contribution is 5.80. The van der Waals surface area contributed by atoms with Crippen LogP contribution in [0.2, 0.25) is 0 Å². The van der Waals surface area contributed by atoms with Gasteiger partial charge in [0.1, 0.15) is 0 Å². The molecular weight excluding hydrogens is 240 g/mol. The second-order valence-corrected chi connectivity index (χ2v) is 6.14. The smallest absolute Gasteiger partial charge is 0.228 e. The summed E-state index contributed by atoms with van der Waals surface area (Å²) in [5.41, 5.74) is 0. The Labute approximate surface area is 116 Å². The molecule has 0 aliphatic carbocycles. The van der Waals surface area contributed by atoms with Gasteiger partial charge in [0, 0.05) is 25.2 Å². The molecule has 0 aromatic carbocycles. The van der Waals surface area contributed by atoms with Crippen LogP contribution in [-0.4, -0.2) is 60.6 Å². The van der Waals surface area contributed by atoms with Crippen molar-refractivity contribution in [3.63, 3.8) is 0 Å². The molecule has 4 nitrogen and oxygen atoms in total. The Balaban J connectivity index is 1.68. The molecule has 3 atom stereocenters. The maximum atomic E-state index is 12.6. The Hall–Kier alpha value is -0.610. The Morgan fingerprint density at radius 3 is 2.68 bits per heavy atom. The minimum absolute atomic E-state index is 0.136. The van der Waals surface area contributed by atoms with E-state index in [4.69, 9.17) is 4.74 Å². The second-order valence-electron chi connectivity index (χ2n) is 6.14. The van der Waals surface area contributed by atoms with Crippen LogP contribution in [0.3, 0.4) is 0 Å². The molecule has 4 heteroatoms. The van der Waals surface area contributed by atoms with Gasteiger partial charge in [-0.05, 0) is 45.2 Å². The van der Waals surface area contributed by atoms with Crippen molar-refractivity contribution in [1.82, 2.24) is 9.80 Å². The van der Waals surface area contributed by atoms with Crippen molar-refractivity contribution in [3.8, 4) is 0 Å². The lowest BCUT2D eigenvalue weighted by molar-refractivity contribution is -0.137. The topological polar surface area (TPSA) is 32.8 Å². The minimum atomic E-state index is 0.136. The van der Waals surface area contributed by atoms with Crippen molar-refractivity contribution in [2.45, 2.75) is 51.1 Å². The first-order valence-electron chi connectivity index (χ1n) is 7.93. The van der Waals surface area contributed by atoms with Crippen LogP contribution in [0, 0.1) is 5.92 Å². The van der Waals surface area contributed by atoms with E-state index in [9.17, 15) is 4.79 Å². The van der Waals surface area contributed by atoms with Crippen LogP contribution in [0.5, 0.6) is 0 Å². The Bertz CT molecular complexity index is 328. The van der Waals surface area contributed by atoms with E-state index in [0.717, 1.165) is 26.1 Å². The van der Waals surface area contributed by atoms with Gasteiger partial charge in [-0.3, -0.25) is 9.69 Å². The summed E-state index contributed by atoms with van der Waals surface area (Å²) in [5, 5.41) is 0. The third kappa shape index (κ3) is 2.52. The number of ether oxygens (including phenoxy) is 1. The van der Waals surface area contributed by atoms with Crippen molar-refractivity contribution < 1.29 is 9.53 Å². The first-order valence-corrected chi connectivity index (χ1v) is 7.93. The summed E-state index contributed by atoms with van der Waals surface area (Å²) in [6.45, 7) is 6.95. The molecule has 0 aromatic rings. The molecule has 0 radical (unpaired) electrons. The summed E-state index contributed by atoms with van der Waals surface area (Å²) < 4.78 is 5.38. The number of hydrogen-bond donors (Lipinski definition) is 0. The van der Waals surface area contributed by atoms with Gasteiger partial charge in [0.15, 0.2) is 0 Å². The van der Waals surface area contributed by atoms with Crippen molar-refractivity contribution in [3.05, 3.63) is 0 Å². The zero-order valence-corrected chi connectivity index (χ0v) is 12.0. The average molecular weight is 266 g/mol.